The lowest BCUT2D eigenvalue weighted by molar-refractivity contribution is 0.0336. The van der Waals surface area contributed by atoms with Crippen LogP contribution in [-0.4, -0.2) is 46.2 Å². The number of morpholine rings is 1. The fourth-order valence-corrected chi connectivity index (χ4v) is 2.45. The summed E-state index contributed by atoms with van der Waals surface area (Å²) >= 11 is 0. The van der Waals surface area contributed by atoms with Crippen molar-refractivity contribution >= 4 is 0 Å². The Labute approximate surface area is 127 Å². The minimum atomic E-state index is -0.822. The molecular weight excluding hydrogens is 290 g/mol. The van der Waals surface area contributed by atoms with Gasteiger partial charge in [0, 0.05) is 32.4 Å². The minimum absolute atomic E-state index is 0.581. The number of benzene rings is 1. The standard InChI is InChI=1S/C15H18F2N4O/c16-14-2-1-12(9-15(14)17)3-4-21-11-13(18-19-21)10-20-5-7-22-8-6-20/h1-2,9,11H,3-8,10H2. The van der Waals surface area contributed by atoms with Gasteiger partial charge in [-0.05, 0) is 24.1 Å². The third-order valence-corrected chi connectivity index (χ3v) is 3.69. The lowest BCUT2D eigenvalue weighted by Crippen LogP contribution is -2.35. The molecular formula is C15H18F2N4O. The van der Waals surface area contributed by atoms with Crippen LogP contribution in [-0.2, 0) is 24.2 Å². The Morgan fingerprint density at radius 3 is 2.73 bits per heavy atom. The van der Waals surface area contributed by atoms with E-state index in [9.17, 15) is 8.78 Å². The summed E-state index contributed by atoms with van der Waals surface area (Å²) < 4.78 is 33.1. The first kappa shape index (κ1) is 15.1. The maximum Gasteiger partial charge on any atom is 0.159 e. The van der Waals surface area contributed by atoms with E-state index in [2.05, 4.69) is 15.2 Å². The number of ether oxygens (including phenoxy) is 1. The third-order valence-electron chi connectivity index (χ3n) is 3.69. The first-order valence-corrected chi connectivity index (χ1v) is 7.34. The number of aromatic nitrogens is 3. The Bertz CT molecular complexity index is 626. The molecule has 0 N–H and O–H groups in total. The second-order valence-corrected chi connectivity index (χ2v) is 5.36. The van der Waals surface area contributed by atoms with Crippen molar-refractivity contribution in [1.82, 2.24) is 19.9 Å². The van der Waals surface area contributed by atoms with Gasteiger partial charge < -0.3 is 4.74 Å². The summed E-state index contributed by atoms with van der Waals surface area (Å²) in [6, 6.07) is 3.96. The van der Waals surface area contributed by atoms with Crippen molar-refractivity contribution in [2.24, 2.45) is 0 Å². The normalized spacial score (nSPS) is 16.1. The van der Waals surface area contributed by atoms with Gasteiger partial charge in [-0.25, -0.2) is 8.78 Å². The first-order valence-electron chi connectivity index (χ1n) is 7.34. The summed E-state index contributed by atoms with van der Waals surface area (Å²) in [6.45, 7) is 4.66. The van der Waals surface area contributed by atoms with E-state index < -0.39 is 11.6 Å². The van der Waals surface area contributed by atoms with E-state index in [0.717, 1.165) is 50.2 Å². The van der Waals surface area contributed by atoms with Gasteiger partial charge in [0.1, 0.15) is 0 Å². The summed E-state index contributed by atoms with van der Waals surface area (Å²) in [7, 11) is 0. The molecule has 0 saturated carbocycles. The van der Waals surface area contributed by atoms with Crippen molar-refractivity contribution < 1.29 is 13.5 Å². The number of nitrogens with zero attached hydrogens (tertiary/aromatic N) is 4. The van der Waals surface area contributed by atoms with Crippen LogP contribution in [0.3, 0.4) is 0 Å². The fourth-order valence-electron chi connectivity index (χ4n) is 2.45. The predicted octanol–water partition coefficient (Wildman–Crippen LogP) is 1.63. The van der Waals surface area contributed by atoms with Crippen LogP contribution in [0.25, 0.3) is 0 Å². The molecule has 5 nitrogen and oxygen atoms in total. The number of rotatable bonds is 5. The van der Waals surface area contributed by atoms with E-state index in [1.54, 1.807) is 10.7 Å². The molecule has 0 aliphatic carbocycles. The maximum atomic E-state index is 13.1. The summed E-state index contributed by atoms with van der Waals surface area (Å²) in [4.78, 5) is 2.27. The molecule has 22 heavy (non-hydrogen) atoms. The van der Waals surface area contributed by atoms with E-state index >= 15 is 0 Å². The molecule has 0 unspecified atom stereocenters. The lowest BCUT2D eigenvalue weighted by atomic mass is 10.1. The van der Waals surface area contributed by atoms with Gasteiger partial charge in [0.05, 0.1) is 18.9 Å². The number of hydrogen-bond acceptors (Lipinski definition) is 4. The van der Waals surface area contributed by atoms with Crippen LogP contribution in [0.4, 0.5) is 8.78 Å². The minimum Gasteiger partial charge on any atom is -0.379 e. The summed E-state index contributed by atoms with van der Waals surface area (Å²) in [5.74, 6) is -1.64. The van der Waals surface area contributed by atoms with Crippen LogP contribution in [0.5, 0.6) is 0 Å². The van der Waals surface area contributed by atoms with Crippen LogP contribution in [0, 0.1) is 11.6 Å². The van der Waals surface area contributed by atoms with Gasteiger partial charge in [-0.2, -0.15) is 0 Å². The molecule has 2 aromatic rings. The molecule has 3 rings (SSSR count). The van der Waals surface area contributed by atoms with Crippen LogP contribution >= 0.6 is 0 Å². The van der Waals surface area contributed by atoms with Crippen molar-refractivity contribution in [3.8, 4) is 0 Å². The second-order valence-electron chi connectivity index (χ2n) is 5.36. The topological polar surface area (TPSA) is 43.2 Å². The zero-order chi connectivity index (χ0) is 15.4. The highest BCUT2D eigenvalue weighted by atomic mass is 19.2. The third kappa shape index (κ3) is 3.86. The van der Waals surface area contributed by atoms with Gasteiger partial charge in [-0.3, -0.25) is 9.58 Å². The molecule has 1 aromatic carbocycles. The number of halogens is 2. The molecule has 1 fully saturated rings. The average molecular weight is 308 g/mol. The first-order chi connectivity index (χ1) is 10.7. The zero-order valence-electron chi connectivity index (χ0n) is 12.2. The Balaban J connectivity index is 1.53. The van der Waals surface area contributed by atoms with Crippen molar-refractivity contribution in [3.05, 3.63) is 47.3 Å². The van der Waals surface area contributed by atoms with E-state index in [1.165, 1.54) is 6.07 Å². The highest BCUT2D eigenvalue weighted by Gasteiger charge is 2.12. The van der Waals surface area contributed by atoms with Crippen molar-refractivity contribution in [2.45, 2.75) is 19.5 Å². The SMILES string of the molecule is Fc1ccc(CCn2cc(CN3CCOCC3)nn2)cc1F. The van der Waals surface area contributed by atoms with Crippen LogP contribution < -0.4 is 0 Å². The Morgan fingerprint density at radius 2 is 1.95 bits per heavy atom. The highest BCUT2D eigenvalue weighted by molar-refractivity contribution is 5.17. The van der Waals surface area contributed by atoms with Gasteiger partial charge in [0.15, 0.2) is 11.6 Å². The molecule has 1 aliphatic heterocycles. The van der Waals surface area contributed by atoms with Crippen LogP contribution in [0.15, 0.2) is 24.4 Å². The van der Waals surface area contributed by atoms with Crippen LogP contribution in [0.2, 0.25) is 0 Å². The molecule has 1 saturated heterocycles. The average Bonchev–Trinajstić information content (AvgIpc) is 2.97. The predicted molar refractivity (Wildman–Crippen MR) is 76.2 cm³/mol. The smallest absolute Gasteiger partial charge is 0.159 e. The summed E-state index contributed by atoms with van der Waals surface area (Å²) in [5.41, 5.74) is 1.65. The monoisotopic (exact) mass is 308 g/mol. The van der Waals surface area contributed by atoms with Gasteiger partial charge >= 0.3 is 0 Å². The van der Waals surface area contributed by atoms with Gasteiger partial charge in [0.25, 0.3) is 0 Å². The molecule has 0 radical (unpaired) electrons. The summed E-state index contributed by atoms with van der Waals surface area (Å²) in [5, 5.41) is 8.23. The van der Waals surface area contributed by atoms with Crippen molar-refractivity contribution in [1.29, 1.82) is 0 Å². The molecule has 0 spiro atoms. The lowest BCUT2D eigenvalue weighted by Gasteiger charge is -2.25. The van der Waals surface area contributed by atoms with Crippen molar-refractivity contribution in [2.75, 3.05) is 26.3 Å². The van der Waals surface area contributed by atoms with Gasteiger partial charge in [-0.1, -0.05) is 11.3 Å². The van der Waals surface area contributed by atoms with E-state index in [-0.39, 0.29) is 0 Å². The largest absolute Gasteiger partial charge is 0.379 e. The van der Waals surface area contributed by atoms with E-state index in [1.807, 2.05) is 6.20 Å². The van der Waals surface area contributed by atoms with E-state index in [4.69, 9.17) is 4.74 Å². The maximum absolute atomic E-state index is 13.1. The Hall–Kier alpha value is -1.86. The Kier molecular flexibility index (Phi) is 4.74. The van der Waals surface area contributed by atoms with Crippen LogP contribution in [0.1, 0.15) is 11.3 Å². The molecule has 2 heterocycles. The van der Waals surface area contributed by atoms with E-state index in [0.29, 0.717) is 13.0 Å². The highest BCUT2D eigenvalue weighted by Crippen LogP contribution is 2.10. The second kappa shape index (κ2) is 6.93. The van der Waals surface area contributed by atoms with Crippen molar-refractivity contribution in [3.63, 3.8) is 0 Å². The Morgan fingerprint density at radius 1 is 1.14 bits per heavy atom. The van der Waals surface area contributed by atoms with Gasteiger partial charge in [0.2, 0.25) is 0 Å². The zero-order valence-corrected chi connectivity index (χ0v) is 12.2. The number of aryl methyl sites for hydroxylation is 2. The number of hydrogen-bond donors (Lipinski definition) is 0. The molecule has 1 aromatic heterocycles. The fraction of sp³-hybridized carbons (Fsp3) is 0.467. The molecule has 0 atom stereocenters. The van der Waals surface area contributed by atoms with Gasteiger partial charge in [-0.15, -0.1) is 5.10 Å². The molecule has 118 valence electrons. The molecule has 0 bridgehead atoms. The molecule has 0 amide bonds. The summed E-state index contributed by atoms with van der Waals surface area (Å²) in [6.07, 6.45) is 2.48. The molecule has 1 aliphatic rings. The quantitative estimate of drug-likeness (QED) is 0.842. The molecule has 7 heteroatoms.